The van der Waals surface area contributed by atoms with Crippen molar-refractivity contribution in [3.8, 4) is 0 Å². The summed E-state index contributed by atoms with van der Waals surface area (Å²) in [5.74, 6) is 1.55. The molecule has 0 heterocycles. The third kappa shape index (κ3) is 3.46. The highest BCUT2D eigenvalue weighted by atomic mass is 16.3. The van der Waals surface area contributed by atoms with Crippen LogP contribution in [0.1, 0.15) is 51.4 Å². The number of aliphatic hydroxyl groups is 1. The molecule has 0 aromatic rings. The summed E-state index contributed by atoms with van der Waals surface area (Å²) in [6.07, 6.45) is 10.7. The van der Waals surface area contributed by atoms with Gasteiger partial charge < -0.3 is 10.0 Å². The Balaban J connectivity index is 1.61. The summed E-state index contributed by atoms with van der Waals surface area (Å²) in [6, 6.07) is 0. The SMILES string of the molecule is CN(CCC1CCCC1)CC1CCCC1O. The van der Waals surface area contributed by atoms with Crippen molar-refractivity contribution in [2.24, 2.45) is 11.8 Å². The van der Waals surface area contributed by atoms with Crippen molar-refractivity contribution >= 4 is 0 Å². The van der Waals surface area contributed by atoms with Crippen molar-refractivity contribution in [3.05, 3.63) is 0 Å². The Hall–Kier alpha value is -0.0800. The third-order valence-electron chi connectivity index (χ3n) is 4.56. The van der Waals surface area contributed by atoms with Crippen LogP contribution in [0.2, 0.25) is 0 Å². The van der Waals surface area contributed by atoms with Gasteiger partial charge in [-0.2, -0.15) is 0 Å². The smallest absolute Gasteiger partial charge is 0.0580 e. The maximum atomic E-state index is 9.79. The van der Waals surface area contributed by atoms with E-state index >= 15 is 0 Å². The molecular weight excluding hydrogens is 198 g/mol. The van der Waals surface area contributed by atoms with E-state index in [1.54, 1.807) is 0 Å². The van der Waals surface area contributed by atoms with Crippen LogP contribution in [0.15, 0.2) is 0 Å². The van der Waals surface area contributed by atoms with E-state index in [1.165, 1.54) is 51.5 Å². The number of hydrogen-bond donors (Lipinski definition) is 1. The van der Waals surface area contributed by atoms with Crippen molar-refractivity contribution in [2.75, 3.05) is 20.1 Å². The van der Waals surface area contributed by atoms with Crippen LogP contribution in [-0.2, 0) is 0 Å². The molecule has 0 saturated heterocycles. The van der Waals surface area contributed by atoms with Gasteiger partial charge in [-0.3, -0.25) is 0 Å². The molecule has 0 aromatic heterocycles. The van der Waals surface area contributed by atoms with E-state index in [-0.39, 0.29) is 6.10 Å². The molecule has 0 radical (unpaired) electrons. The Morgan fingerprint density at radius 3 is 2.44 bits per heavy atom. The second-order valence-corrected chi connectivity index (χ2v) is 5.96. The van der Waals surface area contributed by atoms with Crippen molar-refractivity contribution in [3.63, 3.8) is 0 Å². The van der Waals surface area contributed by atoms with E-state index in [9.17, 15) is 5.11 Å². The predicted molar refractivity (Wildman–Crippen MR) is 67.4 cm³/mol. The fourth-order valence-corrected chi connectivity index (χ4v) is 3.42. The Bertz CT molecular complexity index is 201. The molecule has 0 bridgehead atoms. The molecule has 2 unspecified atom stereocenters. The van der Waals surface area contributed by atoms with Crippen molar-refractivity contribution in [1.29, 1.82) is 0 Å². The summed E-state index contributed by atoms with van der Waals surface area (Å²) in [4.78, 5) is 2.44. The Morgan fingerprint density at radius 2 is 1.81 bits per heavy atom. The van der Waals surface area contributed by atoms with Crippen LogP contribution in [-0.4, -0.2) is 36.2 Å². The molecule has 16 heavy (non-hydrogen) atoms. The molecule has 0 aromatic carbocycles. The Kier molecular flexibility index (Phi) is 4.66. The van der Waals surface area contributed by atoms with Gasteiger partial charge in [-0.1, -0.05) is 32.1 Å². The van der Waals surface area contributed by atoms with E-state index in [4.69, 9.17) is 0 Å². The number of hydrogen-bond acceptors (Lipinski definition) is 2. The van der Waals surface area contributed by atoms with Crippen molar-refractivity contribution < 1.29 is 5.11 Å². The molecule has 2 nitrogen and oxygen atoms in total. The standard InChI is InChI=1S/C14H27NO/c1-15(10-9-12-5-2-3-6-12)11-13-7-4-8-14(13)16/h12-14,16H,2-11H2,1H3. The number of rotatable bonds is 5. The summed E-state index contributed by atoms with van der Waals surface area (Å²) in [6.45, 7) is 2.34. The van der Waals surface area contributed by atoms with Crippen LogP contribution < -0.4 is 0 Å². The highest BCUT2D eigenvalue weighted by molar-refractivity contribution is 4.79. The normalized spacial score (nSPS) is 31.7. The zero-order valence-corrected chi connectivity index (χ0v) is 10.7. The lowest BCUT2D eigenvalue weighted by atomic mass is 10.0. The zero-order chi connectivity index (χ0) is 11.4. The maximum Gasteiger partial charge on any atom is 0.0580 e. The summed E-state index contributed by atoms with van der Waals surface area (Å²) < 4.78 is 0. The maximum absolute atomic E-state index is 9.79. The van der Waals surface area contributed by atoms with Crippen LogP contribution >= 0.6 is 0 Å². The first-order valence-electron chi connectivity index (χ1n) is 7.12. The lowest BCUT2D eigenvalue weighted by Gasteiger charge is -2.24. The molecule has 2 aliphatic rings. The first-order chi connectivity index (χ1) is 7.75. The van der Waals surface area contributed by atoms with Gasteiger partial charge in [0, 0.05) is 6.54 Å². The van der Waals surface area contributed by atoms with E-state index in [2.05, 4.69) is 11.9 Å². The third-order valence-corrected chi connectivity index (χ3v) is 4.56. The molecule has 94 valence electrons. The van der Waals surface area contributed by atoms with Gasteiger partial charge in [0.2, 0.25) is 0 Å². The molecule has 2 atom stereocenters. The Morgan fingerprint density at radius 1 is 1.06 bits per heavy atom. The minimum atomic E-state index is -0.0195. The first-order valence-corrected chi connectivity index (χ1v) is 7.12. The largest absolute Gasteiger partial charge is 0.393 e. The van der Waals surface area contributed by atoms with Crippen molar-refractivity contribution in [1.82, 2.24) is 4.90 Å². The summed E-state index contributed by atoms with van der Waals surface area (Å²) in [7, 11) is 2.22. The molecule has 2 aliphatic carbocycles. The van der Waals surface area contributed by atoms with Crippen LogP contribution in [0, 0.1) is 11.8 Å². The molecule has 0 aliphatic heterocycles. The van der Waals surface area contributed by atoms with Gasteiger partial charge in [0.15, 0.2) is 0 Å². The average Bonchev–Trinajstić information content (AvgIpc) is 2.88. The molecule has 0 spiro atoms. The first kappa shape index (κ1) is 12.4. The molecule has 2 saturated carbocycles. The van der Waals surface area contributed by atoms with Crippen LogP contribution in [0.25, 0.3) is 0 Å². The average molecular weight is 225 g/mol. The summed E-state index contributed by atoms with van der Waals surface area (Å²) in [5, 5.41) is 9.79. The molecule has 0 amide bonds. The van der Waals surface area contributed by atoms with E-state index in [1.807, 2.05) is 0 Å². The molecular formula is C14H27NO. The van der Waals surface area contributed by atoms with E-state index < -0.39 is 0 Å². The fourth-order valence-electron chi connectivity index (χ4n) is 3.42. The van der Waals surface area contributed by atoms with Gasteiger partial charge in [0.25, 0.3) is 0 Å². The summed E-state index contributed by atoms with van der Waals surface area (Å²) in [5.41, 5.74) is 0. The highest BCUT2D eigenvalue weighted by Crippen LogP contribution is 2.29. The van der Waals surface area contributed by atoms with E-state index in [0.717, 1.165) is 18.9 Å². The van der Waals surface area contributed by atoms with Crippen LogP contribution in [0.4, 0.5) is 0 Å². The van der Waals surface area contributed by atoms with Gasteiger partial charge in [-0.15, -0.1) is 0 Å². The van der Waals surface area contributed by atoms with Gasteiger partial charge in [-0.05, 0) is 44.7 Å². The zero-order valence-electron chi connectivity index (χ0n) is 10.7. The van der Waals surface area contributed by atoms with Gasteiger partial charge in [0.05, 0.1) is 6.10 Å². The minimum Gasteiger partial charge on any atom is -0.393 e. The number of nitrogens with zero attached hydrogens (tertiary/aromatic N) is 1. The molecule has 2 fully saturated rings. The highest BCUT2D eigenvalue weighted by Gasteiger charge is 2.26. The van der Waals surface area contributed by atoms with E-state index in [0.29, 0.717) is 5.92 Å². The topological polar surface area (TPSA) is 23.5 Å². The molecule has 2 rings (SSSR count). The lowest BCUT2D eigenvalue weighted by molar-refractivity contribution is 0.108. The quantitative estimate of drug-likeness (QED) is 0.777. The second-order valence-electron chi connectivity index (χ2n) is 5.96. The van der Waals surface area contributed by atoms with Gasteiger partial charge >= 0.3 is 0 Å². The predicted octanol–water partition coefficient (Wildman–Crippen LogP) is 2.66. The summed E-state index contributed by atoms with van der Waals surface area (Å²) >= 11 is 0. The monoisotopic (exact) mass is 225 g/mol. The minimum absolute atomic E-state index is 0.0195. The number of aliphatic hydroxyl groups excluding tert-OH is 1. The van der Waals surface area contributed by atoms with Crippen molar-refractivity contribution in [2.45, 2.75) is 57.5 Å². The second kappa shape index (κ2) is 6.02. The van der Waals surface area contributed by atoms with Crippen LogP contribution in [0.3, 0.4) is 0 Å². The van der Waals surface area contributed by atoms with Crippen LogP contribution in [0.5, 0.6) is 0 Å². The molecule has 1 N–H and O–H groups in total. The lowest BCUT2D eigenvalue weighted by Crippen LogP contribution is -2.31. The van der Waals surface area contributed by atoms with Gasteiger partial charge in [-0.25, -0.2) is 0 Å². The van der Waals surface area contributed by atoms with Gasteiger partial charge in [0.1, 0.15) is 0 Å². The fraction of sp³-hybridized carbons (Fsp3) is 1.00. The molecule has 2 heteroatoms. The Labute approximate surface area is 100 Å².